The van der Waals surface area contributed by atoms with Crippen molar-refractivity contribution in [3.63, 3.8) is 0 Å². The molecule has 0 bridgehead atoms. The molecule has 2 aromatic carbocycles. The van der Waals surface area contributed by atoms with Gasteiger partial charge in [-0.25, -0.2) is 9.67 Å². The number of aromatic nitrogens is 3. The summed E-state index contributed by atoms with van der Waals surface area (Å²) in [6, 6.07) is 15.5. The maximum atomic E-state index is 9.80. The number of aromatic hydroxyl groups is 1. The topological polar surface area (TPSA) is 63.0 Å². The zero-order valence-electron chi connectivity index (χ0n) is 13.4. The van der Waals surface area contributed by atoms with Gasteiger partial charge in [0.15, 0.2) is 5.65 Å². The molecule has 0 aliphatic carbocycles. The molecule has 0 aliphatic heterocycles. The SMILES string of the molecule is CCn1ncc2c(NCc3ccccc3)c3ccc(O)cc3nc21. The van der Waals surface area contributed by atoms with Crippen molar-refractivity contribution in [2.24, 2.45) is 0 Å². The predicted octanol–water partition coefficient (Wildman–Crippen LogP) is 3.92. The summed E-state index contributed by atoms with van der Waals surface area (Å²) in [5.74, 6) is 0.214. The zero-order valence-corrected chi connectivity index (χ0v) is 13.4. The van der Waals surface area contributed by atoms with E-state index in [2.05, 4.69) is 27.5 Å². The van der Waals surface area contributed by atoms with Crippen LogP contribution in [0, 0.1) is 0 Å². The number of anilines is 1. The number of benzene rings is 2. The molecule has 2 heterocycles. The summed E-state index contributed by atoms with van der Waals surface area (Å²) in [5.41, 5.74) is 3.79. The molecule has 2 aromatic heterocycles. The molecule has 120 valence electrons. The van der Waals surface area contributed by atoms with Gasteiger partial charge < -0.3 is 10.4 Å². The number of nitrogens with one attached hydrogen (secondary N) is 1. The van der Waals surface area contributed by atoms with Crippen molar-refractivity contribution < 1.29 is 5.11 Å². The third-order valence-electron chi connectivity index (χ3n) is 4.17. The lowest BCUT2D eigenvalue weighted by atomic mass is 10.1. The summed E-state index contributed by atoms with van der Waals surface area (Å²) < 4.78 is 1.87. The quantitative estimate of drug-likeness (QED) is 0.598. The molecule has 2 N–H and O–H groups in total. The molecule has 5 nitrogen and oxygen atoms in total. The van der Waals surface area contributed by atoms with E-state index in [4.69, 9.17) is 0 Å². The number of hydrogen-bond donors (Lipinski definition) is 2. The Morgan fingerprint density at radius 1 is 1.08 bits per heavy atom. The second-order valence-electron chi connectivity index (χ2n) is 5.73. The lowest BCUT2D eigenvalue weighted by molar-refractivity contribution is 0.476. The predicted molar refractivity (Wildman–Crippen MR) is 96.1 cm³/mol. The molecule has 0 amide bonds. The Bertz CT molecular complexity index is 1010. The second-order valence-corrected chi connectivity index (χ2v) is 5.73. The molecule has 0 atom stereocenters. The van der Waals surface area contributed by atoms with Crippen LogP contribution in [0.2, 0.25) is 0 Å². The molecule has 0 unspecified atom stereocenters. The van der Waals surface area contributed by atoms with E-state index in [0.717, 1.165) is 34.2 Å². The minimum absolute atomic E-state index is 0.214. The molecule has 0 fully saturated rings. The Balaban J connectivity index is 1.87. The molecule has 0 aliphatic rings. The summed E-state index contributed by atoms with van der Waals surface area (Å²) in [7, 11) is 0. The lowest BCUT2D eigenvalue weighted by Gasteiger charge is -2.12. The van der Waals surface area contributed by atoms with Crippen LogP contribution in [0.5, 0.6) is 5.75 Å². The van der Waals surface area contributed by atoms with E-state index in [1.165, 1.54) is 5.56 Å². The van der Waals surface area contributed by atoms with Gasteiger partial charge in [0.25, 0.3) is 0 Å². The fourth-order valence-electron chi connectivity index (χ4n) is 2.96. The first-order chi connectivity index (χ1) is 11.8. The van der Waals surface area contributed by atoms with E-state index in [-0.39, 0.29) is 5.75 Å². The van der Waals surface area contributed by atoms with Crippen LogP contribution in [0.25, 0.3) is 21.9 Å². The van der Waals surface area contributed by atoms with E-state index in [1.807, 2.05) is 42.1 Å². The number of phenols is 1. The number of nitrogens with zero attached hydrogens (tertiary/aromatic N) is 3. The Labute approximate surface area is 139 Å². The van der Waals surface area contributed by atoms with Crippen molar-refractivity contribution in [2.75, 3.05) is 5.32 Å². The van der Waals surface area contributed by atoms with Crippen LogP contribution >= 0.6 is 0 Å². The zero-order chi connectivity index (χ0) is 16.5. The van der Waals surface area contributed by atoms with Gasteiger partial charge in [0.2, 0.25) is 0 Å². The van der Waals surface area contributed by atoms with Crippen LogP contribution in [-0.4, -0.2) is 19.9 Å². The maximum absolute atomic E-state index is 9.80. The molecule has 0 saturated heterocycles. The van der Waals surface area contributed by atoms with E-state index in [1.54, 1.807) is 12.1 Å². The number of phenolic OH excluding ortho intramolecular Hbond substituents is 1. The van der Waals surface area contributed by atoms with E-state index < -0.39 is 0 Å². The van der Waals surface area contributed by atoms with E-state index in [9.17, 15) is 5.11 Å². The van der Waals surface area contributed by atoms with E-state index >= 15 is 0 Å². The van der Waals surface area contributed by atoms with Crippen LogP contribution in [0.3, 0.4) is 0 Å². The average molecular weight is 318 g/mol. The van der Waals surface area contributed by atoms with Crippen LogP contribution in [0.1, 0.15) is 12.5 Å². The van der Waals surface area contributed by atoms with Crippen molar-refractivity contribution in [3.8, 4) is 5.75 Å². The fourth-order valence-corrected chi connectivity index (χ4v) is 2.96. The van der Waals surface area contributed by atoms with Gasteiger partial charge in [0.1, 0.15) is 5.75 Å². The molecule has 0 saturated carbocycles. The fraction of sp³-hybridized carbons (Fsp3) is 0.158. The van der Waals surface area contributed by atoms with Crippen molar-refractivity contribution in [1.29, 1.82) is 0 Å². The molecule has 0 radical (unpaired) electrons. The molecule has 4 rings (SSSR count). The number of aryl methyl sites for hydroxylation is 1. The number of fused-ring (bicyclic) bond motifs is 2. The van der Waals surface area contributed by atoms with Crippen LogP contribution in [0.15, 0.2) is 54.7 Å². The smallest absolute Gasteiger partial charge is 0.160 e. The second kappa shape index (κ2) is 5.85. The first kappa shape index (κ1) is 14.5. The number of hydrogen-bond acceptors (Lipinski definition) is 4. The van der Waals surface area contributed by atoms with E-state index in [0.29, 0.717) is 6.54 Å². The monoisotopic (exact) mass is 318 g/mol. The van der Waals surface area contributed by atoms with Crippen molar-refractivity contribution in [2.45, 2.75) is 20.0 Å². The maximum Gasteiger partial charge on any atom is 0.160 e. The summed E-state index contributed by atoms with van der Waals surface area (Å²) in [6.07, 6.45) is 1.85. The molecule has 4 aromatic rings. The normalized spacial score (nSPS) is 11.2. The molecule has 24 heavy (non-hydrogen) atoms. The Morgan fingerprint density at radius 2 is 1.92 bits per heavy atom. The standard InChI is InChI=1S/C19H18N4O/c1-2-23-19-16(12-21-23)18(20-11-13-6-4-3-5-7-13)15-9-8-14(24)10-17(15)22-19/h3-10,12,24H,2,11H2,1H3,(H,20,22). The minimum atomic E-state index is 0.214. The number of pyridine rings is 1. The summed E-state index contributed by atoms with van der Waals surface area (Å²) >= 11 is 0. The molecular formula is C19H18N4O. The highest BCUT2D eigenvalue weighted by molar-refractivity contribution is 6.06. The Kier molecular flexibility index (Phi) is 3.54. The van der Waals surface area contributed by atoms with Gasteiger partial charge in [-0.1, -0.05) is 30.3 Å². The average Bonchev–Trinajstić information content (AvgIpc) is 3.02. The van der Waals surface area contributed by atoms with Gasteiger partial charge in [-0.2, -0.15) is 5.10 Å². The van der Waals surface area contributed by atoms with Crippen molar-refractivity contribution in [1.82, 2.24) is 14.8 Å². The third-order valence-corrected chi connectivity index (χ3v) is 4.17. The Morgan fingerprint density at radius 3 is 2.71 bits per heavy atom. The minimum Gasteiger partial charge on any atom is -0.508 e. The highest BCUT2D eigenvalue weighted by Gasteiger charge is 2.13. The van der Waals surface area contributed by atoms with Gasteiger partial charge in [-0.05, 0) is 24.6 Å². The lowest BCUT2D eigenvalue weighted by Crippen LogP contribution is -2.02. The summed E-state index contributed by atoms with van der Waals surface area (Å²) in [6.45, 7) is 3.50. The molecule has 0 spiro atoms. The third kappa shape index (κ3) is 2.44. The highest BCUT2D eigenvalue weighted by Crippen LogP contribution is 2.32. The highest BCUT2D eigenvalue weighted by atomic mass is 16.3. The van der Waals surface area contributed by atoms with Crippen molar-refractivity contribution in [3.05, 3.63) is 60.3 Å². The summed E-state index contributed by atoms with van der Waals surface area (Å²) in [5, 5.41) is 19.7. The van der Waals surface area contributed by atoms with Crippen LogP contribution < -0.4 is 5.32 Å². The van der Waals surface area contributed by atoms with Gasteiger partial charge in [0.05, 0.1) is 22.8 Å². The molecular weight excluding hydrogens is 300 g/mol. The van der Waals surface area contributed by atoms with Crippen molar-refractivity contribution >= 4 is 27.6 Å². The first-order valence-electron chi connectivity index (χ1n) is 8.02. The van der Waals surface area contributed by atoms with Gasteiger partial charge in [-0.3, -0.25) is 0 Å². The number of rotatable bonds is 4. The van der Waals surface area contributed by atoms with Crippen LogP contribution in [-0.2, 0) is 13.1 Å². The summed E-state index contributed by atoms with van der Waals surface area (Å²) in [4.78, 5) is 4.69. The van der Waals surface area contributed by atoms with Gasteiger partial charge in [0, 0.05) is 24.5 Å². The molecule has 5 heteroatoms. The van der Waals surface area contributed by atoms with Gasteiger partial charge in [-0.15, -0.1) is 0 Å². The van der Waals surface area contributed by atoms with Crippen LogP contribution in [0.4, 0.5) is 5.69 Å². The largest absolute Gasteiger partial charge is 0.508 e. The Hall–Kier alpha value is -3.08. The van der Waals surface area contributed by atoms with Gasteiger partial charge >= 0.3 is 0 Å². The first-order valence-corrected chi connectivity index (χ1v) is 8.02.